The number of aliphatic hydroxyl groups excluding tert-OH is 3. The molecule has 1 fully saturated rings. The molecule has 0 aromatic carbocycles. The van der Waals surface area contributed by atoms with Crippen LogP contribution in [0.15, 0.2) is 0 Å². The average molecular weight is 238 g/mol. The lowest BCUT2D eigenvalue weighted by atomic mass is 10.0. The van der Waals surface area contributed by atoms with Crippen molar-refractivity contribution in [2.45, 2.75) is 37.6 Å². The SMILES string of the molecule is CO[13C@@H]1O[C@H](CO)[C@H](O)[C@@H](O)[C@H]1N[13C]([13CH3])=O. The monoisotopic (exact) mass is 238 g/mol. The van der Waals surface area contributed by atoms with Gasteiger partial charge in [-0.1, -0.05) is 0 Å². The molecule has 1 saturated heterocycles. The molecule has 1 aliphatic heterocycles. The Hall–Kier alpha value is -0.730. The summed E-state index contributed by atoms with van der Waals surface area (Å²) in [4.78, 5) is 10.9. The van der Waals surface area contributed by atoms with Crippen LogP contribution in [0.5, 0.6) is 0 Å². The second-order valence-electron chi connectivity index (χ2n) is 3.67. The summed E-state index contributed by atoms with van der Waals surface area (Å²) in [5, 5.41) is 30.7. The molecule has 0 aromatic rings. The van der Waals surface area contributed by atoms with Crippen molar-refractivity contribution in [3.8, 4) is 0 Å². The van der Waals surface area contributed by atoms with E-state index < -0.39 is 37.3 Å². The fraction of sp³-hybridized carbons (Fsp3) is 0.889. The van der Waals surface area contributed by atoms with Gasteiger partial charge in [-0.25, -0.2) is 0 Å². The van der Waals surface area contributed by atoms with E-state index in [1.165, 1.54) is 14.0 Å². The third-order valence-electron chi connectivity index (χ3n) is 2.48. The summed E-state index contributed by atoms with van der Waals surface area (Å²) in [6, 6.07) is -0.861. The first-order chi connectivity index (χ1) is 7.51. The van der Waals surface area contributed by atoms with Crippen LogP contribution in [0.3, 0.4) is 0 Å². The largest absolute Gasteiger partial charge is 0.394 e. The Balaban J connectivity index is 2.77. The molecular weight excluding hydrogens is 221 g/mol. The highest BCUT2D eigenvalue weighted by Gasteiger charge is 2.44. The molecule has 0 saturated carbocycles. The molecule has 0 bridgehead atoms. The summed E-state index contributed by atoms with van der Waals surface area (Å²) in [5.74, 6) is -0.371. The van der Waals surface area contributed by atoms with Gasteiger partial charge in [0.1, 0.15) is 24.4 Å². The topological polar surface area (TPSA) is 108 Å². The Labute approximate surface area is 93.0 Å². The molecule has 0 radical (unpaired) electrons. The standard InChI is InChI=1S/C9H17NO6/c1-4(12)10-6-8(14)7(13)5(3-11)16-9(6)15-2/h5-9,11,13-14H,3H2,1-2H3,(H,10,12)/t5-,6-,7+,8+,9-/m1/s1/i1+1,4+1,9+1. The van der Waals surface area contributed by atoms with Gasteiger partial charge >= 0.3 is 0 Å². The molecule has 1 rings (SSSR count). The lowest BCUT2D eigenvalue weighted by molar-refractivity contribution is -0.262. The Bertz CT molecular complexity index is 246. The molecule has 0 aliphatic carbocycles. The Kier molecular flexibility index (Phi) is 4.63. The number of hydrogen-bond donors (Lipinski definition) is 4. The van der Waals surface area contributed by atoms with Crippen molar-refractivity contribution in [2.75, 3.05) is 13.7 Å². The molecule has 7 heteroatoms. The van der Waals surface area contributed by atoms with Gasteiger partial charge in [0.15, 0.2) is 6.29 Å². The predicted octanol–water partition coefficient (Wildman–Crippen LogP) is -2.42. The molecule has 1 aliphatic rings. The van der Waals surface area contributed by atoms with Crippen molar-refractivity contribution in [3.05, 3.63) is 0 Å². The Morgan fingerprint density at radius 1 is 1.44 bits per heavy atom. The highest BCUT2D eigenvalue weighted by atomic mass is 16.8. The van der Waals surface area contributed by atoms with Crippen LogP contribution in [-0.4, -0.2) is 65.6 Å². The van der Waals surface area contributed by atoms with Crippen molar-refractivity contribution in [1.82, 2.24) is 5.32 Å². The van der Waals surface area contributed by atoms with E-state index in [2.05, 4.69) is 5.32 Å². The first kappa shape index (κ1) is 13.3. The van der Waals surface area contributed by atoms with Crippen molar-refractivity contribution in [3.63, 3.8) is 0 Å². The van der Waals surface area contributed by atoms with Crippen LogP contribution in [0.25, 0.3) is 0 Å². The predicted molar refractivity (Wildman–Crippen MR) is 52.4 cm³/mol. The van der Waals surface area contributed by atoms with Crippen LogP contribution in [0.4, 0.5) is 0 Å². The number of ether oxygens (including phenoxy) is 2. The van der Waals surface area contributed by atoms with Crippen LogP contribution >= 0.6 is 0 Å². The van der Waals surface area contributed by atoms with E-state index in [1.807, 2.05) is 0 Å². The van der Waals surface area contributed by atoms with E-state index in [0.717, 1.165) is 0 Å². The van der Waals surface area contributed by atoms with Gasteiger partial charge in [0.2, 0.25) is 5.91 Å². The van der Waals surface area contributed by atoms with Gasteiger partial charge in [0.05, 0.1) is 6.61 Å². The van der Waals surface area contributed by atoms with Crippen molar-refractivity contribution in [1.29, 1.82) is 0 Å². The van der Waals surface area contributed by atoms with Gasteiger partial charge in [-0.05, 0) is 0 Å². The van der Waals surface area contributed by atoms with Crippen LogP contribution < -0.4 is 5.32 Å². The van der Waals surface area contributed by atoms with Crippen LogP contribution in [0.2, 0.25) is 0 Å². The summed E-state index contributed by atoms with van der Waals surface area (Å²) >= 11 is 0. The number of amides is 1. The van der Waals surface area contributed by atoms with Crippen molar-refractivity contribution in [2.24, 2.45) is 0 Å². The quantitative estimate of drug-likeness (QED) is 0.407. The maximum absolute atomic E-state index is 10.9. The molecule has 4 N–H and O–H groups in total. The highest BCUT2D eigenvalue weighted by Crippen LogP contribution is 2.21. The van der Waals surface area contributed by atoms with Crippen molar-refractivity contribution < 1.29 is 29.6 Å². The minimum Gasteiger partial charge on any atom is -0.394 e. The van der Waals surface area contributed by atoms with Crippen LogP contribution in [-0.2, 0) is 14.3 Å². The molecule has 0 spiro atoms. The second kappa shape index (κ2) is 5.55. The second-order valence-corrected chi connectivity index (χ2v) is 3.67. The molecule has 1 amide bonds. The van der Waals surface area contributed by atoms with Crippen LogP contribution in [0.1, 0.15) is 6.92 Å². The van der Waals surface area contributed by atoms with E-state index in [-0.39, 0.29) is 5.91 Å². The first-order valence-electron chi connectivity index (χ1n) is 4.93. The van der Waals surface area contributed by atoms with Gasteiger partial charge in [-0.3, -0.25) is 4.79 Å². The summed E-state index contributed by atoms with van der Waals surface area (Å²) < 4.78 is 10.1. The average Bonchev–Trinajstić information content (AvgIpc) is 2.25. The minimum atomic E-state index is -1.27. The van der Waals surface area contributed by atoms with Gasteiger partial charge in [-0.2, -0.15) is 0 Å². The van der Waals surface area contributed by atoms with Gasteiger partial charge in [0.25, 0.3) is 0 Å². The normalized spacial score (nSPS) is 39.4. The lowest BCUT2D eigenvalue weighted by Gasteiger charge is -2.41. The Morgan fingerprint density at radius 3 is 2.50 bits per heavy atom. The maximum atomic E-state index is 10.9. The summed E-state index contributed by atoms with van der Waals surface area (Å²) in [6.07, 6.45) is -4.35. The lowest BCUT2D eigenvalue weighted by Crippen LogP contribution is -2.64. The molecule has 0 unspecified atom stereocenters. The van der Waals surface area contributed by atoms with Gasteiger partial charge in [-0.15, -0.1) is 0 Å². The van der Waals surface area contributed by atoms with E-state index in [9.17, 15) is 15.0 Å². The number of hydrogen-bond acceptors (Lipinski definition) is 6. The van der Waals surface area contributed by atoms with E-state index in [4.69, 9.17) is 14.6 Å². The van der Waals surface area contributed by atoms with Crippen molar-refractivity contribution >= 4 is 5.91 Å². The zero-order chi connectivity index (χ0) is 12.3. The van der Waals surface area contributed by atoms with Gasteiger partial charge < -0.3 is 30.1 Å². The zero-order valence-corrected chi connectivity index (χ0v) is 9.16. The molecule has 94 valence electrons. The molecule has 1 heterocycles. The third kappa shape index (κ3) is 2.69. The number of nitrogens with one attached hydrogen (secondary N) is 1. The molecule has 7 nitrogen and oxygen atoms in total. The molecule has 0 aromatic heterocycles. The Morgan fingerprint density at radius 2 is 2.06 bits per heavy atom. The molecule has 16 heavy (non-hydrogen) atoms. The number of methoxy groups -OCH3 is 1. The minimum absolute atomic E-state index is 0.371. The third-order valence-corrected chi connectivity index (χ3v) is 2.48. The summed E-state index contributed by atoms with van der Waals surface area (Å²) in [6.45, 7) is 0.842. The summed E-state index contributed by atoms with van der Waals surface area (Å²) in [5.41, 5.74) is 0. The highest BCUT2D eigenvalue weighted by molar-refractivity contribution is 5.73. The maximum Gasteiger partial charge on any atom is 0.217 e. The van der Waals surface area contributed by atoms with E-state index in [0.29, 0.717) is 0 Å². The van der Waals surface area contributed by atoms with Gasteiger partial charge in [0, 0.05) is 14.0 Å². The fourth-order valence-corrected chi connectivity index (χ4v) is 1.67. The van der Waals surface area contributed by atoms with E-state index in [1.54, 1.807) is 0 Å². The number of carbonyl (C=O) groups is 1. The fourth-order valence-electron chi connectivity index (χ4n) is 1.67. The zero-order valence-electron chi connectivity index (χ0n) is 9.16. The smallest absolute Gasteiger partial charge is 0.217 e. The molecular formula is C9H17NO6. The summed E-state index contributed by atoms with van der Waals surface area (Å²) in [7, 11) is 1.35. The number of aliphatic hydroxyl groups is 3. The van der Waals surface area contributed by atoms with Crippen LogP contribution in [0, 0.1) is 0 Å². The molecule has 5 atom stereocenters. The first-order valence-corrected chi connectivity index (χ1v) is 4.93. The number of carbonyl (C=O) groups excluding carboxylic acids is 1. The van der Waals surface area contributed by atoms with E-state index >= 15 is 0 Å². The number of rotatable bonds is 3.